The molecule has 37 heavy (non-hydrogen) atoms. The first-order valence-corrected chi connectivity index (χ1v) is 14.6. The Labute approximate surface area is 224 Å². The molecule has 1 saturated heterocycles. The molecule has 0 aliphatic carbocycles. The highest BCUT2D eigenvalue weighted by Crippen LogP contribution is 2.32. The Balaban J connectivity index is 1.52. The Morgan fingerprint density at radius 2 is 1.84 bits per heavy atom. The van der Waals surface area contributed by atoms with Crippen LogP contribution in [0.4, 0.5) is 5.95 Å². The molecular formula is C30H38N4O2S. The molecule has 1 fully saturated rings. The number of aromatic nitrogens is 2. The van der Waals surface area contributed by atoms with Crippen LogP contribution in [0.15, 0.2) is 53.4 Å². The van der Waals surface area contributed by atoms with Gasteiger partial charge in [0.25, 0.3) is 5.95 Å². The van der Waals surface area contributed by atoms with Gasteiger partial charge in [0.1, 0.15) is 11.4 Å². The predicted molar refractivity (Wildman–Crippen MR) is 150 cm³/mol. The van der Waals surface area contributed by atoms with Gasteiger partial charge in [-0.3, -0.25) is 0 Å². The number of aryl methyl sites for hydroxylation is 3. The first-order valence-electron chi connectivity index (χ1n) is 13.4. The van der Waals surface area contributed by atoms with E-state index in [-0.39, 0.29) is 0 Å². The minimum atomic E-state index is -1.47. The summed E-state index contributed by atoms with van der Waals surface area (Å²) < 4.78 is 22.7. The third-order valence-electron chi connectivity index (χ3n) is 7.58. The van der Waals surface area contributed by atoms with Gasteiger partial charge in [0, 0.05) is 30.6 Å². The SMILES string of the molecule is Cc1cccc(C)c1-c1cc2nc(n1)N[S+]([O-])c1cccc(c1)CCC1CCN(CC(C)C)C[C@@H]1CO2. The highest BCUT2D eigenvalue weighted by molar-refractivity contribution is 7.92. The molecule has 3 atom stereocenters. The number of anilines is 1. The van der Waals surface area contributed by atoms with Gasteiger partial charge in [-0.15, -0.1) is 0 Å². The number of rotatable bonds is 3. The van der Waals surface area contributed by atoms with Crippen LogP contribution >= 0.6 is 0 Å². The second kappa shape index (κ2) is 11.4. The summed E-state index contributed by atoms with van der Waals surface area (Å²) in [7, 11) is 0. The van der Waals surface area contributed by atoms with Crippen molar-refractivity contribution in [3.05, 3.63) is 65.2 Å². The Kier molecular flexibility index (Phi) is 8.03. The van der Waals surface area contributed by atoms with Crippen LogP contribution in [0.1, 0.15) is 43.4 Å². The van der Waals surface area contributed by atoms with E-state index in [4.69, 9.17) is 9.72 Å². The summed E-state index contributed by atoms with van der Waals surface area (Å²) in [5.74, 6) is 2.51. The van der Waals surface area contributed by atoms with Crippen molar-refractivity contribution >= 4 is 17.3 Å². The molecule has 196 valence electrons. The smallest absolute Gasteiger partial charge is 0.269 e. The number of ether oxygens (including phenoxy) is 1. The largest absolute Gasteiger partial charge is 0.588 e. The lowest BCUT2D eigenvalue weighted by atomic mass is 9.81. The van der Waals surface area contributed by atoms with E-state index in [2.05, 4.69) is 72.6 Å². The van der Waals surface area contributed by atoms with Gasteiger partial charge in [-0.05, 0) is 80.3 Å². The molecule has 2 aliphatic heterocycles. The maximum Gasteiger partial charge on any atom is 0.269 e. The Bertz CT molecular complexity index is 1210. The molecule has 3 aromatic rings. The normalized spacial score (nSPS) is 22.5. The Morgan fingerprint density at radius 3 is 2.62 bits per heavy atom. The van der Waals surface area contributed by atoms with Gasteiger partial charge < -0.3 is 14.2 Å². The minimum absolute atomic E-state index is 0.317. The number of nitrogens with one attached hydrogen (secondary N) is 1. The number of piperidine rings is 1. The summed E-state index contributed by atoms with van der Waals surface area (Å²) in [5.41, 5.74) is 5.33. The van der Waals surface area contributed by atoms with E-state index in [9.17, 15) is 4.55 Å². The van der Waals surface area contributed by atoms with Crippen molar-refractivity contribution in [2.75, 3.05) is 31.0 Å². The summed E-state index contributed by atoms with van der Waals surface area (Å²) in [6, 6.07) is 16.3. The van der Waals surface area contributed by atoms with Crippen LogP contribution in [-0.2, 0) is 17.8 Å². The van der Waals surface area contributed by atoms with Crippen molar-refractivity contribution in [3.63, 3.8) is 0 Å². The zero-order valence-electron chi connectivity index (χ0n) is 22.4. The summed E-state index contributed by atoms with van der Waals surface area (Å²) in [4.78, 5) is 12.8. The number of benzene rings is 2. The molecule has 0 radical (unpaired) electrons. The van der Waals surface area contributed by atoms with Gasteiger partial charge in [-0.1, -0.05) is 44.2 Å². The predicted octanol–water partition coefficient (Wildman–Crippen LogP) is 5.81. The lowest BCUT2D eigenvalue weighted by Gasteiger charge is -2.39. The van der Waals surface area contributed by atoms with Gasteiger partial charge >= 0.3 is 0 Å². The van der Waals surface area contributed by atoms with Gasteiger partial charge in [-0.2, -0.15) is 9.71 Å². The monoisotopic (exact) mass is 518 g/mol. The molecule has 2 aromatic carbocycles. The topological polar surface area (TPSA) is 73.3 Å². The van der Waals surface area contributed by atoms with E-state index in [1.165, 1.54) is 12.0 Å². The van der Waals surface area contributed by atoms with Crippen LogP contribution in [-0.4, -0.2) is 45.7 Å². The minimum Gasteiger partial charge on any atom is -0.588 e. The van der Waals surface area contributed by atoms with E-state index in [0.717, 1.165) is 59.8 Å². The van der Waals surface area contributed by atoms with Crippen LogP contribution < -0.4 is 9.46 Å². The zero-order chi connectivity index (χ0) is 25.9. The van der Waals surface area contributed by atoms with Crippen LogP contribution in [0.5, 0.6) is 5.88 Å². The molecule has 2 unspecified atom stereocenters. The van der Waals surface area contributed by atoms with Crippen LogP contribution in [0, 0.1) is 31.6 Å². The molecular weight excluding hydrogens is 480 g/mol. The van der Waals surface area contributed by atoms with E-state index < -0.39 is 11.4 Å². The van der Waals surface area contributed by atoms with Crippen LogP contribution in [0.2, 0.25) is 0 Å². The van der Waals surface area contributed by atoms with Crippen molar-refractivity contribution in [3.8, 4) is 17.1 Å². The van der Waals surface area contributed by atoms with Gasteiger partial charge in [0.2, 0.25) is 5.88 Å². The second-order valence-corrected chi connectivity index (χ2v) is 12.2. The van der Waals surface area contributed by atoms with Crippen molar-refractivity contribution in [2.45, 2.75) is 51.9 Å². The molecule has 0 spiro atoms. The van der Waals surface area contributed by atoms with Crippen LogP contribution in [0.3, 0.4) is 0 Å². The maximum absolute atomic E-state index is 13.3. The highest BCUT2D eigenvalue weighted by atomic mass is 32.2. The number of likely N-dealkylation sites (tertiary alicyclic amines) is 1. The first-order chi connectivity index (χ1) is 17.9. The molecule has 5 rings (SSSR count). The van der Waals surface area contributed by atoms with Crippen molar-refractivity contribution < 1.29 is 9.29 Å². The molecule has 0 saturated carbocycles. The number of hydrogen-bond acceptors (Lipinski definition) is 6. The molecule has 3 heterocycles. The second-order valence-electron chi connectivity index (χ2n) is 11.0. The molecule has 4 bridgehead atoms. The maximum atomic E-state index is 13.3. The van der Waals surface area contributed by atoms with E-state index in [1.807, 2.05) is 18.2 Å². The number of hydrogen-bond donors (Lipinski definition) is 1. The lowest BCUT2D eigenvalue weighted by molar-refractivity contribution is 0.0685. The van der Waals surface area contributed by atoms with Gasteiger partial charge in [0.15, 0.2) is 4.90 Å². The van der Waals surface area contributed by atoms with Crippen molar-refractivity contribution in [1.29, 1.82) is 0 Å². The average Bonchev–Trinajstić information content (AvgIpc) is 2.86. The van der Waals surface area contributed by atoms with Gasteiger partial charge in [-0.25, -0.2) is 4.98 Å². The van der Waals surface area contributed by atoms with Crippen LogP contribution in [0.25, 0.3) is 11.3 Å². The fourth-order valence-corrected chi connectivity index (χ4v) is 6.64. The first kappa shape index (κ1) is 26.0. The van der Waals surface area contributed by atoms with E-state index in [0.29, 0.717) is 36.2 Å². The highest BCUT2D eigenvalue weighted by Gasteiger charge is 2.30. The summed E-state index contributed by atoms with van der Waals surface area (Å²) in [6.07, 6.45) is 3.27. The zero-order valence-corrected chi connectivity index (χ0v) is 23.2. The fraction of sp³-hybridized carbons (Fsp3) is 0.467. The standard InChI is InChI=1S/C30H38N4O2S/c1-20(2)17-34-14-13-24-12-11-23-9-6-10-26(15-23)37(35)33-30-31-27(29-21(3)7-5-8-22(29)4)16-28(32-30)36-19-25(24)18-34/h5-10,15-16,20,24-25H,11-14,17-19H2,1-4H3,(H,31,32,33)/t24?,25-,37?/m1/s1. The molecule has 6 nitrogen and oxygen atoms in total. The summed E-state index contributed by atoms with van der Waals surface area (Å²) in [5, 5.41) is 0. The molecule has 1 N–H and O–H groups in total. The molecule has 2 aliphatic rings. The third-order valence-corrected chi connectivity index (χ3v) is 8.63. The van der Waals surface area contributed by atoms with E-state index >= 15 is 0 Å². The molecule has 0 amide bonds. The summed E-state index contributed by atoms with van der Waals surface area (Å²) >= 11 is -1.47. The quantitative estimate of drug-likeness (QED) is 0.441. The van der Waals surface area contributed by atoms with E-state index in [1.54, 1.807) is 0 Å². The number of fused-ring (bicyclic) bond motifs is 5. The van der Waals surface area contributed by atoms with Gasteiger partial charge in [0.05, 0.1) is 12.3 Å². The third kappa shape index (κ3) is 6.28. The van der Waals surface area contributed by atoms with Crippen molar-refractivity contribution in [1.82, 2.24) is 14.9 Å². The van der Waals surface area contributed by atoms with Crippen molar-refractivity contribution in [2.24, 2.45) is 17.8 Å². The Hall–Kier alpha value is -2.61. The fourth-order valence-electron chi connectivity index (χ4n) is 5.80. The number of nitrogens with zero attached hydrogens (tertiary/aromatic N) is 3. The average molecular weight is 519 g/mol. The molecule has 7 heteroatoms. The lowest BCUT2D eigenvalue weighted by Crippen LogP contribution is -2.44. The molecule has 1 aromatic heterocycles. The summed E-state index contributed by atoms with van der Waals surface area (Å²) in [6.45, 7) is 12.7. The Morgan fingerprint density at radius 1 is 1.05 bits per heavy atom.